The van der Waals surface area contributed by atoms with Gasteiger partial charge >= 0.3 is 0 Å². The van der Waals surface area contributed by atoms with Gasteiger partial charge in [-0.15, -0.1) is 0 Å². The first kappa shape index (κ1) is 15.3. The molecule has 0 amide bonds. The molecule has 24 heavy (non-hydrogen) atoms. The molecule has 1 aliphatic heterocycles. The van der Waals surface area contributed by atoms with Crippen LogP contribution in [0, 0.1) is 5.92 Å². The molecule has 1 unspecified atom stereocenters. The Bertz CT molecular complexity index is 875. The van der Waals surface area contributed by atoms with Gasteiger partial charge in [-0.2, -0.15) is 0 Å². The van der Waals surface area contributed by atoms with E-state index >= 15 is 0 Å². The molecule has 122 valence electrons. The highest BCUT2D eigenvalue weighted by Crippen LogP contribution is 2.34. The predicted octanol–water partition coefficient (Wildman–Crippen LogP) is 4.09. The van der Waals surface area contributed by atoms with E-state index in [9.17, 15) is 4.79 Å². The monoisotopic (exact) mass is 337 g/mol. The molecular weight excluding hydrogens is 318 g/mol. The van der Waals surface area contributed by atoms with Crippen LogP contribution < -0.4 is 4.31 Å². The van der Waals surface area contributed by atoms with Crippen LogP contribution >= 0.6 is 11.9 Å². The summed E-state index contributed by atoms with van der Waals surface area (Å²) in [6.45, 7) is 2.82. The van der Waals surface area contributed by atoms with Gasteiger partial charge in [0.1, 0.15) is 0 Å². The average molecular weight is 337 g/mol. The lowest BCUT2D eigenvalue weighted by Gasteiger charge is -2.16. The molecule has 1 saturated heterocycles. The number of nitrogens with zero attached hydrogens (tertiary/aromatic N) is 2. The fraction of sp³-hybridized carbons (Fsp3) is 0.263. The summed E-state index contributed by atoms with van der Waals surface area (Å²) in [7, 11) is 0. The number of hydrogen-bond donors (Lipinski definition) is 1. The Hall–Kier alpha value is -2.27. The van der Waals surface area contributed by atoms with Crippen molar-refractivity contribution in [2.75, 3.05) is 16.6 Å². The predicted molar refractivity (Wildman–Crippen MR) is 99.5 cm³/mol. The van der Waals surface area contributed by atoms with Gasteiger partial charge in [0, 0.05) is 40.7 Å². The van der Waals surface area contributed by atoms with E-state index in [-0.39, 0.29) is 11.7 Å². The number of anilines is 1. The average Bonchev–Trinajstić information content (AvgIpc) is 3.26. The number of hydrogen-bond acceptors (Lipinski definition) is 4. The number of aromatic nitrogens is 2. The number of aryl methyl sites for hydroxylation is 1. The van der Waals surface area contributed by atoms with Crippen molar-refractivity contribution < 1.29 is 4.79 Å². The number of pyridine rings is 1. The Labute approximate surface area is 145 Å². The van der Waals surface area contributed by atoms with E-state index in [1.54, 1.807) is 18.1 Å². The van der Waals surface area contributed by atoms with Crippen LogP contribution in [0.5, 0.6) is 0 Å². The summed E-state index contributed by atoms with van der Waals surface area (Å²) in [5.41, 5.74) is 4.04. The van der Waals surface area contributed by atoms with E-state index < -0.39 is 0 Å². The normalized spacial score (nSPS) is 17.5. The van der Waals surface area contributed by atoms with Crippen LogP contribution in [0.15, 0.2) is 48.8 Å². The Morgan fingerprint density at radius 1 is 1.33 bits per heavy atom. The summed E-state index contributed by atoms with van der Waals surface area (Å²) >= 11 is 1.71. The van der Waals surface area contributed by atoms with Crippen molar-refractivity contribution in [3.05, 3.63) is 60.0 Å². The third kappa shape index (κ3) is 2.59. The molecule has 2 aromatic heterocycles. The van der Waals surface area contributed by atoms with Gasteiger partial charge < -0.3 is 9.29 Å². The largest absolute Gasteiger partial charge is 0.358 e. The first-order valence-corrected chi connectivity index (χ1v) is 9.16. The molecule has 4 nitrogen and oxygen atoms in total. The third-order valence-corrected chi connectivity index (χ3v) is 5.73. The van der Waals surface area contributed by atoms with Crippen molar-refractivity contribution >= 4 is 34.3 Å². The molecule has 5 heteroatoms. The lowest BCUT2D eigenvalue weighted by molar-refractivity contribution is 0.0941. The molecule has 1 aliphatic rings. The van der Waals surface area contributed by atoms with E-state index in [1.807, 2.05) is 42.6 Å². The van der Waals surface area contributed by atoms with Crippen LogP contribution in [0.2, 0.25) is 0 Å². The molecule has 0 spiro atoms. The van der Waals surface area contributed by atoms with E-state index in [0.29, 0.717) is 0 Å². The number of nitrogens with one attached hydrogen (secondary N) is 1. The van der Waals surface area contributed by atoms with Crippen molar-refractivity contribution in [3.63, 3.8) is 0 Å². The van der Waals surface area contributed by atoms with Gasteiger partial charge in [-0.05, 0) is 36.6 Å². The van der Waals surface area contributed by atoms with Crippen LogP contribution in [0.3, 0.4) is 0 Å². The summed E-state index contributed by atoms with van der Waals surface area (Å²) in [4.78, 5) is 20.8. The number of para-hydroxylation sites is 1. The molecule has 0 saturated carbocycles. The standard InChI is InChI=1S/C19H19N3OS/c1-2-16-18(15-7-3-4-8-17(15)21-16)19(23)13-11-22(24-12-13)14-6-5-9-20-10-14/h3-10,13,21H,2,11-12H2,1H3. The number of benzene rings is 1. The van der Waals surface area contributed by atoms with Gasteiger partial charge in [0.2, 0.25) is 0 Å². The minimum Gasteiger partial charge on any atom is -0.358 e. The second-order valence-corrected chi connectivity index (χ2v) is 7.04. The van der Waals surface area contributed by atoms with E-state index in [2.05, 4.69) is 21.2 Å². The van der Waals surface area contributed by atoms with Crippen LogP contribution in [0.25, 0.3) is 10.9 Å². The Morgan fingerprint density at radius 2 is 2.21 bits per heavy atom. The van der Waals surface area contributed by atoms with Crippen molar-refractivity contribution in [1.82, 2.24) is 9.97 Å². The van der Waals surface area contributed by atoms with Crippen molar-refractivity contribution in [2.45, 2.75) is 13.3 Å². The first-order chi connectivity index (χ1) is 11.8. The highest BCUT2D eigenvalue weighted by atomic mass is 32.2. The summed E-state index contributed by atoms with van der Waals surface area (Å²) in [6.07, 6.45) is 4.46. The number of carbonyl (C=O) groups excluding carboxylic acids is 1. The number of carbonyl (C=O) groups is 1. The van der Waals surface area contributed by atoms with E-state index in [1.165, 1.54) is 0 Å². The molecule has 3 heterocycles. The number of H-pyrrole nitrogens is 1. The molecule has 0 radical (unpaired) electrons. The zero-order valence-electron chi connectivity index (χ0n) is 13.5. The maximum Gasteiger partial charge on any atom is 0.171 e. The maximum absolute atomic E-state index is 13.2. The summed E-state index contributed by atoms with van der Waals surface area (Å²) in [5.74, 6) is 1.08. The minimum atomic E-state index is 0.0136. The van der Waals surface area contributed by atoms with Crippen molar-refractivity contribution in [2.24, 2.45) is 5.92 Å². The molecule has 4 rings (SSSR count). The number of aromatic amines is 1. The number of ketones is 1. The van der Waals surface area contributed by atoms with E-state index in [4.69, 9.17) is 0 Å². The number of fused-ring (bicyclic) bond motifs is 1. The minimum absolute atomic E-state index is 0.0136. The molecule has 0 bridgehead atoms. The second kappa shape index (κ2) is 6.32. The zero-order valence-corrected chi connectivity index (χ0v) is 14.3. The number of rotatable bonds is 4. The third-order valence-electron chi connectivity index (χ3n) is 4.51. The molecule has 1 atom stereocenters. The molecular formula is C19H19N3OS. The lowest BCUT2D eigenvalue weighted by Crippen LogP contribution is -2.22. The molecule has 1 fully saturated rings. The number of Topliss-reactive ketones (excluding diaryl/α,β-unsaturated/α-hetero) is 1. The smallest absolute Gasteiger partial charge is 0.171 e. The van der Waals surface area contributed by atoms with Crippen molar-refractivity contribution in [3.8, 4) is 0 Å². The Morgan fingerprint density at radius 3 is 3.00 bits per heavy atom. The summed E-state index contributed by atoms with van der Waals surface area (Å²) in [6, 6.07) is 12.0. The van der Waals surface area contributed by atoms with E-state index in [0.717, 1.165) is 46.6 Å². The van der Waals surface area contributed by atoms with Gasteiger partial charge in [-0.3, -0.25) is 9.78 Å². The van der Waals surface area contributed by atoms with Crippen LogP contribution in [-0.2, 0) is 6.42 Å². The lowest BCUT2D eigenvalue weighted by atomic mass is 9.95. The highest BCUT2D eigenvalue weighted by molar-refractivity contribution is 8.00. The van der Waals surface area contributed by atoms with Gasteiger partial charge in [0.05, 0.1) is 17.8 Å². The molecule has 1 aromatic carbocycles. The maximum atomic E-state index is 13.2. The van der Waals surface area contributed by atoms with Crippen molar-refractivity contribution in [1.29, 1.82) is 0 Å². The second-order valence-electron chi connectivity index (χ2n) is 6.01. The first-order valence-electron chi connectivity index (χ1n) is 8.22. The SMILES string of the molecule is CCc1[nH]c2ccccc2c1C(=O)C1CSN(c2cccnc2)C1. The van der Waals surface area contributed by atoms with Gasteiger partial charge in [-0.1, -0.05) is 25.1 Å². The van der Waals surface area contributed by atoms with Crippen LogP contribution in [0.1, 0.15) is 23.0 Å². The fourth-order valence-electron chi connectivity index (χ4n) is 3.27. The molecule has 1 N–H and O–H groups in total. The summed E-state index contributed by atoms with van der Waals surface area (Å²) < 4.78 is 2.18. The van der Waals surface area contributed by atoms with Gasteiger partial charge in [0.25, 0.3) is 0 Å². The topological polar surface area (TPSA) is 49.0 Å². The molecule has 0 aliphatic carbocycles. The van der Waals surface area contributed by atoms with Gasteiger partial charge in [0.15, 0.2) is 5.78 Å². The van der Waals surface area contributed by atoms with Gasteiger partial charge in [-0.25, -0.2) is 0 Å². The zero-order chi connectivity index (χ0) is 16.5. The quantitative estimate of drug-likeness (QED) is 0.575. The molecule has 3 aromatic rings. The Kier molecular flexibility index (Phi) is 4.02. The Balaban J connectivity index is 1.63. The fourth-order valence-corrected chi connectivity index (χ4v) is 4.43. The van der Waals surface area contributed by atoms with Crippen LogP contribution in [0.4, 0.5) is 5.69 Å². The summed E-state index contributed by atoms with van der Waals surface area (Å²) in [5, 5.41) is 1.05. The van der Waals surface area contributed by atoms with Crippen LogP contribution in [-0.4, -0.2) is 28.0 Å². The highest BCUT2D eigenvalue weighted by Gasteiger charge is 2.32.